The topological polar surface area (TPSA) is 122 Å². The van der Waals surface area contributed by atoms with Crippen molar-refractivity contribution in [3.63, 3.8) is 0 Å². The summed E-state index contributed by atoms with van der Waals surface area (Å²) in [6.07, 6.45) is -1.93. The highest BCUT2D eigenvalue weighted by atomic mass is 16.5. The van der Waals surface area contributed by atoms with Gasteiger partial charge >= 0.3 is 6.09 Å². The summed E-state index contributed by atoms with van der Waals surface area (Å²) in [5.74, 6) is -0.178. The first kappa shape index (κ1) is 13.9. The molecule has 0 radical (unpaired) electrons. The second-order valence-electron chi connectivity index (χ2n) is 3.49. The first-order valence-electron chi connectivity index (χ1n) is 5.17. The fraction of sp³-hybridized carbons (Fsp3) is 0.273. The van der Waals surface area contributed by atoms with Gasteiger partial charge in [0.15, 0.2) is 0 Å². The maximum Gasteiger partial charge on any atom is 0.409 e. The second kappa shape index (κ2) is 6.58. The number of primary amides is 1. The van der Waals surface area contributed by atoms with E-state index in [-0.39, 0.29) is 12.3 Å². The predicted octanol–water partition coefficient (Wildman–Crippen LogP) is -0.773. The van der Waals surface area contributed by atoms with E-state index < -0.39 is 24.7 Å². The van der Waals surface area contributed by atoms with Gasteiger partial charge < -0.3 is 26.0 Å². The van der Waals surface area contributed by atoms with E-state index in [1.54, 1.807) is 0 Å². The van der Waals surface area contributed by atoms with Crippen LogP contribution in [0.4, 0.5) is 4.79 Å². The molecule has 2 amide bonds. The fourth-order valence-electron chi connectivity index (χ4n) is 1.17. The smallest absolute Gasteiger partial charge is 0.409 e. The highest BCUT2D eigenvalue weighted by molar-refractivity contribution is 5.94. The van der Waals surface area contributed by atoms with Crippen LogP contribution in [0.1, 0.15) is 10.4 Å². The summed E-state index contributed by atoms with van der Waals surface area (Å²) in [6, 6.07) is 5.72. The van der Waals surface area contributed by atoms with Crippen LogP contribution in [-0.2, 0) is 0 Å². The van der Waals surface area contributed by atoms with E-state index in [4.69, 9.17) is 15.9 Å². The number of benzene rings is 1. The molecule has 7 heteroatoms. The van der Waals surface area contributed by atoms with Crippen LogP contribution < -0.4 is 15.8 Å². The van der Waals surface area contributed by atoms with E-state index in [2.05, 4.69) is 10.1 Å². The Morgan fingerprint density at radius 2 is 1.94 bits per heavy atom. The molecule has 5 N–H and O–H groups in total. The molecular weight excluding hydrogens is 240 g/mol. The fourth-order valence-corrected chi connectivity index (χ4v) is 1.17. The van der Waals surface area contributed by atoms with Crippen molar-refractivity contribution in [2.24, 2.45) is 5.73 Å². The molecule has 1 rings (SSSR count). The molecule has 1 atom stereocenters. The van der Waals surface area contributed by atoms with Crippen molar-refractivity contribution < 1.29 is 24.5 Å². The molecule has 0 aliphatic heterocycles. The zero-order valence-electron chi connectivity index (χ0n) is 9.50. The molecule has 0 saturated carbocycles. The zero-order valence-corrected chi connectivity index (χ0v) is 9.50. The summed E-state index contributed by atoms with van der Waals surface area (Å²) in [4.78, 5) is 22.0. The SMILES string of the molecule is NC(=O)Oc1ccc(C(=O)NCC(O)CO)cc1. The summed E-state index contributed by atoms with van der Waals surface area (Å²) < 4.78 is 4.60. The number of carbonyl (C=O) groups excluding carboxylic acids is 2. The van der Waals surface area contributed by atoms with Crippen molar-refractivity contribution in [1.82, 2.24) is 5.32 Å². The van der Waals surface area contributed by atoms with Gasteiger partial charge in [-0.05, 0) is 24.3 Å². The standard InChI is InChI=1S/C11H14N2O5/c12-11(17)18-9-3-1-7(2-4-9)10(16)13-5-8(15)6-14/h1-4,8,14-15H,5-6H2,(H2,12,17)(H,13,16). The van der Waals surface area contributed by atoms with Gasteiger partial charge in [-0.15, -0.1) is 0 Å². The Morgan fingerprint density at radius 1 is 1.33 bits per heavy atom. The lowest BCUT2D eigenvalue weighted by Crippen LogP contribution is -2.33. The van der Waals surface area contributed by atoms with Crippen LogP contribution >= 0.6 is 0 Å². The number of ether oxygens (including phenoxy) is 1. The Morgan fingerprint density at radius 3 is 2.44 bits per heavy atom. The molecule has 98 valence electrons. The average Bonchev–Trinajstić information content (AvgIpc) is 2.35. The van der Waals surface area contributed by atoms with E-state index in [0.717, 1.165) is 0 Å². The molecule has 0 aromatic heterocycles. The van der Waals surface area contributed by atoms with E-state index in [9.17, 15) is 9.59 Å². The third-order valence-electron chi connectivity index (χ3n) is 2.04. The molecule has 0 fully saturated rings. The van der Waals surface area contributed by atoms with Crippen LogP contribution in [0.3, 0.4) is 0 Å². The minimum atomic E-state index is -0.994. The van der Waals surface area contributed by atoms with Crippen molar-refractivity contribution >= 4 is 12.0 Å². The maximum atomic E-state index is 11.6. The molecule has 0 aliphatic rings. The van der Waals surface area contributed by atoms with E-state index in [0.29, 0.717) is 5.56 Å². The number of aliphatic hydroxyl groups is 2. The van der Waals surface area contributed by atoms with Gasteiger partial charge in [0.25, 0.3) is 5.91 Å². The maximum absolute atomic E-state index is 11.6. The Bertz CT molecular complexity index is 418. The van der Waals surface area contributed by atoms with Crippen molar-refractivity contribution in [2.75, 3.05) is 13.2 Å². The van der Waals surface area contributed by atoms with Crippen LogP contribution in [0.15, 0.2) is 24.3 Å². The summed E-state index contributed by atoms with van der Waals surface area (Å²) >= 11 is 0. The number of hydrogen-bond donors (Lipinski definition) is 4. The number of nitrogens with two attached hydrogens (primary N) is 1. The Kier molecular flexibility index (Phi) is 5.09. The zero-order chi connectivity index (χ0) is 13.5. The van der Waals surface area contributed by atoms with Gasteiger partial charge in [-0.2, -0.15) is 0 Å². The van der Waals surface area contributed by atoms with Crippen molar-refractivity contribution in [1.29, 1.82) is 0 Å². The summed E-state index contributed by atoms with van der Waals surface area (Å²) in [5, 5.41) is 20.1. The van der Waals surface area contributed by atoms with Crippen LogP contribution in [0, 0.1) is 0 Å². The molecule has 0 bridgehead atoms. The Balaban J connectivity index is 2.56. The molecule has 18 heavy (non-hydrogen) atoms. The number of carbonyl (C=O) groups is 2. The lowest BCUT2D eigenvalue weighted by molar-refractivity contribution is 0.0802. The normalized spacial score (nSPS) is 11.7. The quantitative estimate of drug-likeness (QED) is 0.549. The van der Waals surface area contributed by atoms with Gasteiger partial charge in [0.05, 0.1) is 12.7 Å². The largest absolute Gasteiger partial charge is 0.411 e. The lowest BCUT2D eigenvalue weighted by Gasteiger charge is -2.09. The Labute approximate surface area is 103 Å². The Hall–Kier alpha value is -2.12. The minimum absolute atomic E-state index is 0.0468. The molecule has 1 aromatic carbocycles. The van der Waals surface area contributed by atoms with E-state index in [1.165, 1.54) is 24.3 Å². The van der Waals surface area contributed by atoms with Gasteiger partial charge in [0, 0.05) is 12.1 Å². The number of nitrogens with one attached hydrogen (secondary N) is 1. The second-order valence-corrected chi connectivity index (χ2v) is 3.49. The number of aliphatic hydroxyl groups excluding tert-OH is 2. The molecule has 0 saturated heterocycles. The van der Waals surface area contributed by atoms with Gasteiger partial charge in [-0.25, -0.2) is 4.79 Å². The van der Waals surface area contributed by atoms with Crippen molar-refractivity contribution in [3.8, 4) is 5.75 Å². The van der Waals surface area contributed by atoms with Crippen molar-refractivity contribution in [2.45, 2.75) is 6.10 Å². The number of hydrogen-bond acceptors (Lipinski definition) is 5. The highest BCUT2D eigenvalue weighted by Crippen LogP contribution is 2.11. The third kappa shape index (κ3) is 4.40. The van der Waals surface area contributed by atoms with Gasteiger partial charge in [0.1, 0.15) is 5.75 Å². The van der Waals surface area contributed by atoms with Crippen LogP contribution in [0.25, 0.3) is 0 Å². The minimum Gasteiger partial charge on any atom is -0.411 e. The first-order chi connectivity index (χ1) is 8.52. The number of rotatable bonds is 5. The lowest BCUT2D eigenvalue weighted by atomic mass is 10.2. The monoisotopic (exact) mass is 254 g/mol. The molecule has 1 unspecified atom stereocenters. The predicted molar refractivity (Wildman–Crippen MR) is 62.1 cm³/mol. The number of amides is 2. The molecule has 1 aromatic rings. The average molecular weight is 254 g/mol. The molecule has 0 aliphatic carbocycles. The molecule has 0 spiro atoms. The highest BCUT2D eigenvalue weighted by Gasteiger charge is 2.08. The van der Waals surface area contributed by atoms with Crippen LogP contribution in [0.5, 0.6) is 5.75 Å². The van der Waals surface area contributed by atoms with E-state index in [1.807, 2.05) is 0 Å². The molecule has 7 nitrogen and oxygen atoms in total. The van der Waals surface area contributed by atoms with Gasteiger partial charge in [0.2, 0.25) is 0 Å². The van der Waals surface area contributed by atoms with E-state index >= 15 is 0 Å². The van der Waals surface area contributed by atoms with Gasteiger partial charge in [-0.3, -0.25) is 4.79 Å². The molecular formula is C11H14N2O5. The molecule has 0 heterocycles. The summed E-state index contributed by atoms with van der Waals surface area (Å²) in [7, 11) is 0. The van der Waals surface area contributed by atoms with Crippen LogP contribution in [-0.4, -0.2) is 41.5 Å². The summed E-state index contributed by atoms with van der Waals surface area (Å²) in [6.45, 7) is -0.472. The van der Waals surface area contributed by atoms with Crippen molar-refractivity contribution in [3.05, 3.63) is 29.8 Å². The first-order valence-corrected chi connectivity index (χ1v) is 5.17. The summed E-state index contributed by atoms with van der Waals surface area (Å²) in [5.41, 5.74) is 5.16. The van der Waals surface area contributed by atoms with Crippen LogP contribution in [0.2, 0.25) is 0 Å². The van der Waals surface area contributed by atoms with Gasteiger partial charge in [-0.1, -0.05) is 0 Å². The third-order valence-corrected chi connectivity index (χ3v) is 2.04.